The topological polar surface area (TPSA) is 13.1 Å². The van der Waals surface area contributed by atoms with Gasteiger partial charge in [-0.05, 0) is 85.6 Å². The predicted octanol–water partition coefficient (Wildman–Crippen LogP) is 15.1. The van der Waals surface area contributed by atoms with E-state index in [1.807, 2.05) is 22.7 Å². The average Bonchev–Trinajstić information content (AvgIpc) is 3.88. The normalized spacial score (nSPS) is 12.3. The number of thiophene rings is 2. The lowest BCUT2D eigenvalue weighted by Gasteiger charge is -2.18. The molecule has 0 bridgehead atoms. The van der Waals surface area contributed by atoms with Crippen LogP contribution < -0.4 is 0 Å². The second-order valence-electron chi connectivity index (χ2n) is 13.5. The molecule has 0 aliphatic rings. The lowest BCUT2D eigenvalue weighted by Crippen LogP contribution is -1.91. The van der Waals surface area contributed by atoms with Crippen LogP contribution in [0.5, 0.6) is 0 Å². The Hall–Kier alpha value is -6.00. The minimum atomic E-state index is 0.917. The van der Waals surface area contributed by atoms with Gasteiger partial charge in [-0.25, -0.2) is 0 Å². The van der Waals surface area contributed by atoms with Gasteiger partial charge in [-0.2, -0.15) is 0 Å². The van der Waals surface area contributed by atoms with Crippen molar-refractivity contribution in [3.63, 3.8) is 0 Å². The van der Waals surface area contributed by atoms with Crippen LogP contribution in [0.25, 0.3) is 117 Å². The van der Waals surface area contributed by atoms with Crippen LogP contribution in [0.15, 0.2) is 162 Å². The molecule has 0 saturated heterocycles. The second-order valence-corrected chi connectivity index (χ2v) is 15.6. The Morgan fingerprint density at radius 1 is 0.353 bits per heavy atom. The molecule has 0 spiro atoms. The van der Waals surface area contributed by atoms with E-state index in [4.69, 9.17) is 4.42 Å². The third kappa shape index (κ3) is 3.80. The molecule has 0 unspecified atom stereocenters. The Kier molecular flexibility index (Phi) is 5.59. The van der Waals surface area contributed by atoms with E-state index in [-0.39, 0.29) is 0 Å². The highest BCUT2D eigenvalue weighted by Crippen LogP contribution is 2.49. The Labute approximate surface area is 300 Å². The van der Waals surface area contributed by atoms with Crippen LogP contribution in [0.4, 0.5) is 0 Å². The molecule has 3 aromatic heterocycles. The van der Waals surface area contributed by atoms with Gasteiger partial charge in [0.05, 0.1) is 0 Å². The molecular weight excluding hydrogens is 657 g/mol. The number of hydrogen-bond acceptors (Lipinski definition) is 3. The summed E-state index contributed by atoms with van der Waals surface area (Å²) in [4.78, 5) is 0. The van der Waals surface area contributed by atoms with Crippen molar-refractivity contribution in [3.8, 4) is 22.3 Å². The number of rotatable bonds is 2. The largest absolute Gasteiger partial charge is 0.456 e. The molecular formula is C48H26OS2. The number of fused-ring (bicyclic) bond motifs is 14. The third-order valence-corrected chi connectivity index (χ3v) is 13.2. The maximum absolute atomic E-state index is 6.75. The zero-order valence-electron chi connectivity index (χ0n) is 27.2. The Balaban J connectivity index is 1.15. The van der Waals surface area contributed by atoms with E-state index >= 15 is 0 Å². The first-order chi connectivity index (χ1) is 25.3. The molecule has 1 nitrogen and oxygen atoms in total. The molecule has 0 amide bonds. The SMILES string of the molecule is c1ccc2c(c1)sc1c2ccc2ccc3oc4cc(-c5c6ccccc6c(-c6cccc7sc8ccccc8c67)c6ccccc56)ccc4c3c21. The summed E-state index contributed by atoms with van der Waals surface area (Å²) < 4.78 is 12.0. The third-order valence-electron chi connectivity index (χ3n) is 10.9. The first-order valence-electron chi connectivity index (χ1n) is 17.3. The van der Waals surface area contributed by atoms with Gasteiger partial charge in [-0.1, -0.05) is 121 Å². The molecule has 236 valence electrons. The van der Waals surface area contributed by atoms with Crippen LogP contribution in [-0.4, -0.2) is 0 Å². The molecule has 0 saturated carbocycles. The monoisotopic (exact) mass is 682 g/mol. The van der Waals surface area contributed by atoms with Crippen molar-refractivity contribution < 1.29 is 4.42 Å². The van der Waals surface area contributed by atoms with Crippen LogP contribution in [0.3, 0.4) is 0 Å². The highest BCUT2D eigenvalue weighted by molar-refractivity contribution is 7.27. The fourth-order valence-corrected chi connectivity index (χ4v) is 11.1. The summed E-state index contributed by atoms with van der Waals surface area (Å²) in [6.07, 6.45) is 0. The van der Waals surface area contributed by atoms with E-state index in [9.17, 15) is 0 Å². The standard InChI is InChI=1S/C48H26OS2/c1-3-13-32-30(11-1)43(31-12-2-4-14-33(31)45(32)37-16-9-19-42-46(37)36-15-6-8-18-41(36)50-42)28-21-24-35-39(26-28)49-38-25-22-27-20-23-34-29-10-5-7-17-40(29)51-48(34)44(27)47(35)38/h1-26H. The van der Waals surface area contributed by atoms with Gasteiger partial charge in [0, 0.05) is 56.5 Å². The zero-order chi connectivity index (χ0) is 33.2. The van der Waals surface area contributed by atoms with Crippen molar-refractivity contribution in [2.75, 3.05) is 0 Å². The van der Waals surface area contributed by atoms with Crippen molar-refractivity contribution in [1.29, 1.82) is 0 Å². The maximum Gasteiger partial charge on any atom is 0.136 e. The predicted molar refractivity (Wildman–Crippen MR) is 223 cm³/mol. The molecule has 51 heavy (non-hydrogen) atoms. The van der Waals surface area contributed by atoms with Gasteiger partial charge in [0.25, 0.3) is 0 Å². The molecule has 9 aromatic carbocycles. The summed E-state index contributed by atoms with van der Waals surface area (Å²) in [5.41, 5.74) is 6.84. The number of benzene rings is 9. The van der Waals surface area contributed by atoms with Crippen LogP contribution in [0.2, 0.25) is 0 Å². The zero-order valence-corrected chi connectivity index (χ0v) is 28.9. The lowest BCUT2D eigenvalue weighted by molar-refractivity contribution is 0.669. The van der Waals surface area contributed by atoms with Gasteiger partial charge < -0.3 is 4.42 Å². The Morgan fingerprint density at radius 3 is 1.73 bits per heavy atom. The maximum atomic E-state index is 6.75. The van der Waals surface area contributed by atoms with Crippen LogP contribution in [0.1, 0.15) is 0 Å². The molecule has 0 fully saturated rings. The molecule has 12 aromatic rings. The van der Waals surface area contributed by atoms with Gasteiger partial charge in [0.2, 0.25) is 0 Å². The van der Waals surface area contributed by atoms with Gasteiger partial charge in [-0.15, -0.1) is 22.7 Å². The number of hydrogen-bond donors (Lipinski definition) is 0. The molecule has 0 N–H and O–H groups in total. The number of furan rings is 1. The molecule has 3 heteroatoms. The van der Waals surface area contributed by atoms with Crippen molar-refractivity contribution in [2.24, 2.45) is 0 Å². The summed E-state index contributed by atoms with van der Waals surface area (Å²) in [5, 5.41) is 15.2. The van der Waals surface area contributed by atoms with E-state index in [0.29, 0.717) is 0 Å². The van der Waals surface area contributed by atoms with Crippen LogP contribution >= 0.6 is 22.7 Å². The summed E-state index contributed by atoms with van der Waals surface area (Å²) in [6, 6.07) is 58.0. The second kappa shape index (κ2) is 10.3. The minimum Gasteiger partial charge on any atom is -0.456 e. The van der Waals surface area contributed by atoms with Crippen molar-refractivity contribution >= 4 is 117 Å². The lowest BCUT2D eigenvalue weighted by atomic mass is 9.85. The summed E-state index contributed by atoms with van der Waals surface area (Å²) in [6.45, 7) is 0. The highest BCUT2D eigenvalue weighted by Gasteiger charge is 2.21. The van der Waals surface area contributed by atoms with Crippen LogP contribution in [-0.2, 0) is 0 Å². The highest BCUT2D eigenvalue weighted by atomic mass is 32.1. The van der Waals surface area contributed by atoms with Gasteiger partial charge in [0.15, 0.2) is 0 Å². The molecule has 0 aliphatic heterocycles. The Morgan fingerprint density at radius 2 is 0.961 bits per heavy atom. The van der Waals surface area contributed by atoms with E-state index in [0.717, 1.165) is 22.1 Å². The molecule has 12 rings (SSSR count). The molecule has 0 atom stereocenters. The van der Waals surface area contributed by atoms with E-state index in [2.05, 4.69) is 158 Å². The fourth-order valence-electron chi connectivity index (χ4n) is 8.73. The fraction of sp³-hybridized carbons (Fsp3) is 0. The van der Waals surface area contributed by atoms with E-state index in [1.54, 1.807) is 0 Å². The van der Waals surface area contributed by atoms with E-state index < -0.39 is 0 Å². The average molecular weight is 683 g/mol. The summed E-state index contributed by atoms with van der Waals surface area (Å²) in [7, 11) is 0. The van der Waals surface area contributed by atoms with Crippen molar-refractivity contribution in [3.05, 3.63) is 158 Å². The molecule has 0 radical (unpaired) electrons. The van der Waals surface area contributed by atoms with Crippen molar-refractivity contribution in [1.82, 2.24) is 0 Å². The summed E-state index contributed by atoms with van der Waals surface area (Å²) >= 11 is 3.76. The van der Waals surface area contributed by atoms with Crippen molar-refractivity contribution in [2.45, 2.75) is 0 Å². The van der Waals surface area contributed by atoms with Gasteiger partial charge in [-0.3, -0.25) is 0 Å². The minimum absolute atomic E-state index is 0.917. The molecule has 0 aliphatic carbocycles. The van der Waals surface area contributed by atoms with Gasteiger partial charge in [0.1, 0.15) is 11.2 Å². The quantitative estimate of drug-likeness (QED) is 0.165. The molecule has 3 heterocycles. The van der Waals surface area contributed by atoms with E-state index in [1.165, 1.54) is 94.7 Å². The Bertz CT molecular complexity index is 3370. The van der Waals surface area contributed by atoms with Gasteiger partial charge >= 0.3 is 0 Å². The first kappa shape index (κ1) is 27.8. The smallest absolute Gasteiger partial charge is 0.136 e. The first-order valence-corrected chi connectivity index (χ1v) is 19.0. The van der Waals surface area contributed by atoms with Crippen LogP contribution in [0, 0.1) is 0 Å². The summed E-state index contributed by atoms with van der Waals surface area (Å²) in [5.74, 6) is 0.